The van der Waals surface area contributed by atoms with Crippen LogP contribution in [0.15, 0.2) is 53.0 Å². The highest BCUT2D eigenvalue weighted by Crippen LogP contribution is 2.59. The largest absolute Gasteiger partial charge is 0.463 e. The maximum atomic E-state index is 14.6. The first kappa shape index (κ1) is 31.4. The maximum absolute atomic E-state index is 14.6. The minimum Gasteiger partial charge on any atom is -0.463 e. The number of aliphatic hydroxyl groups is 1. The predicted octanol–water partition coefficient (Wildman–Crippen LogP) is 3.01. The number of carbonyl (C=O) groups is 4. The van der Waals surface area contributed by atoms with Gasteiger partial charge in [0.15, 0.2) is 0 Å². The van der Waals surface area contributed by atoms with Crippen LogP contribution in [0.5, 0.6) is 0 Å². The third-order valence-corrected chi connectivity index (χ3v) is 9.75. The Hall–Kier alpha value is -3.02. The molecule has 4 heterocycles. The molecule has 5 rings (SSSR count). The molecule has 3 amide bonds. The van der Waals surface area contributed by atoms with E-state index in [4.69, 9.17) is 9.47 Å². The molecular weight excluding hydrogens is 618 g/mol. The van der Waals surface area contributed by atoms with Gasteiger partial charge in [0.1, 0.15) is 24.4 Å². The molecule has 1 spiro atoms. The number of carbonyl (C=O) groups excluding carboxylic acids is 4. The van der Waals surface area contributed by atoms with Gasteiger partial charge in [0.2, 0.25) is 17.7 Å². The van der Waals surface area contributed by atoms with E-state index < -0.39 is 59.5 Å². The lowest BCUT2D eigenvalue weighted by Crippen LogP contribution is -2.59. The molecule has 2 N–H and O–H groups in total. The van der Waals surface area contributed by atoms with Gasteiger partial charge < -0.3 is 29.7 Å². The summed E-state index contributed by atoms with van der Waals surface area (Å²) >= 11 is 3.58. The molecule has 0 saturated carbocycles. The molecule has 1 aromatic carbocycles. The standard InChI is InChI=1S/C32H40BrN3O7/c1-4-11-19(2)35-15-10-6-9-14-24(38)42-18-23(21-12-7-5-8-13-21)34-29(39)25-26-30(40)36(20(3)17-37)28(31(35)41)32(26)16-22(33)27(25)43-32/h5-8,10,12-13,16,19-20,23,25-28,37H,4,9,11,14-15,17-18H2,1-3H3,(H,34,39)/b10-6-/t19?,20-,23+,25+,26-,27+,28+,32-/m1/s1. The molecule has 4 aliphatic heterocycles. The molecule has 43 heavy (non-hydrogen) atoms. The van der Waals surface area contributed by atoms with Gasteiger partial charge in [-0.15, -0.1) is 0 Å². The number of aliphatic hydroxyl groups excluding tert-OH is 1. The van der Waals surface area contributed by atoms with Gasteiger partial charge in [-0.1, -0.05) is 71.8 Å². The summed E-state index contributed by atoms with van der Waals surface area (Å²) in [6.45, 7) is 5.56. The highest BCUT2D eigenvalue weighted by atomic mass is 79.9. The summed E-state index contributed by atoms with van der Waals surface area (Å²) in [5, 5.41) is 13.2. The fourth-order valence-electron chi connectivity index (χ4n) is 6.94. The average molecular weight is 659 g/mol. The second-order valence-corrected chi connectivity index (χ2v) is 12.8. The van der Waals surface area contributed by atoms with Crippen molar-refractivity contribution in [3.63, 3.8) is 0 Å². The van der Waals surface area contributed by atoms with Crippen molar-refractivity contribution in [1.29, 1.82) is 0 Å². The van der Waals surface area contributed by atoms with Crippen molar-refractivity contribution in [1.82, 2.24) is 15.1 Å². The van der Waals surface area contributed by atoms with Gasteiger partial charge in [0, 0.05) is 23.5 Å². The van der Waals surface area contributed by atoms with Crippen LogP contribution in [0.4, 0.5) is 0 Å². The lowest BCUT2D eigenvalue weighted by Gasteiger charge is -2.39. The van der Waals surface area contributed by atoms with E-state index in [1.54, 1.807) is 17.9 Å². The molecule has 0 aromatic heterocycles. The molecule has 10 nitrogen and oxygen atoms in total. The molecule has 1 unspecified atom stereocenters. The third-order valence-electron chi connectivity index (χ3n) is 9.07. The highest BCUT2D eigenvalue weighted by molar-refractivity contribution is 9.11. The van der Waals surface area contributed by atoms with E-state index in [0.717, 1.165) is 18.4 Å². The van der Waals surface area contributed by atoms with Crippen molar-refractivity contribution in [3.05, 3.63) is 58.6 Å². The van der Waals surface area contributed by atoms with Crippen molar-refractivity contribution in [3.8, 4) is 0 Å². The van der Waals surface area contributed by atoms with E-state index in [2.05, 4.69) is 21.2 Å². The molecule has 0 aliphatic carbocycles. The summed E-state index contributed by atoms with van der Waals surface area (Å²) in [5.41, 5.74) is -0.642. The van der Waals surface area contributed by atoms with Crippen LogP contribution in [-0.4, -0.2) is 88.2 Å². The Labute approximate surface area is 260 Å². The zero-order chi connectivity index (χ0) is 30.9. The summed E-state index contributed by atoms with van der Waals surface area (Å²) < 4.78 is 12.7. The SMILES string of the molecule is CCCC(C)N1C/C=C\CCC(=O)OC[C@@H](c2ccccc2)NC(=O)[C@@H]2[C@H]3O[C@@]4(C=C3Br)[C@H](C1=O)N([C@H](C)CO)C(=O)[C@@H]24. The summed E-state index contributed by atoms with van der Waals surface area (Å²) in [4.78, 5) is 58.8. The third kappa shape index (κ3) is 5.67. The molecule has 0 radical (unpaired) electrons. The topological polar surface area (TPSA) is 125 Å². The number of ether oxygens (including phenoxy) is 2. The van der Waals surface area contributed by atoms with E-state index >= 15 is 0 Å². The van der Waals surface area contributed by atoms with Crippen molar-refractivity contribution >= 4 is 39.6 Å². The van der Waals surface area contributed by atoms with Crippen LogP contribution in [0.2, 0.25) is 0 Å². The van der Waals surface area contributed by atoms with Crippen LogP contribution < -0.4 is 5.32 Å². The first-order chi connectivity index (χ1) is 20.6. The lowest BCUT2D eigenvalue weighted by atomic mass is 9.74. The quantitative estimate of drug-likeness (QED) is 0.356. The second kappa shape index (κ2) is 12.9. The number of amides is 3. The van der Waals surface area contributed by atoms with Crippen molar-refractivity contribution in [2.75, 3.05) is 19.8 Å². The van der Waals surface area contributed by atoms with Gasteiger partial charge in [-0.05, 0) is 38.3 Å². The summed E-state index contributed by atoms with van der Waals surface area (Å²) in [6.07, 6.45) is 6.90. The summed E-state index contributed by atoms with van der Waals surface area (Å²) in [5.74, 6) is -3.46. The first-order valence-electron chi connectivity index (χ1n) is 15.1. The molecule has 232 valence electrons. The Morgan fingerprint density at radius 3 is 2.53 bits per heavy atom. The fraction of sp³-hybridized carbons (Fsp3) is 0.562. The summed E-state index contributed by atoms with van der Waals surface area (Å²) in [6, 6.07) is 6.64. The van der Waals surface area contributed by atoms with Crippen LogP contribution in [0.25, 0.3) is 0 Å². The number of allylic oxidation sites excluding steroid dienone is 1. The zero-order valence-corrected chi connectivity index (χ0v) is 26.4. The van der Waals surface area contributed by atoms with E-state index in [-0.39, 0.29) is 38.1 Å². The van der Waals surface area contributed by atoms with Gasteiger partial charge in [-0.25, -0.2) is 0 Å². The fourth-order valence-corrected chi connectivity index (χ4v) is 7.68. The van der Waals surface area contributed by atoms with E-state index in [9.17, 15) is 24.3 Å². The molecule has 2 fully saturated rings. The predicted molar refractivity (Wildman–Crippen MR) is 162 cm³/mol. The van der Waals surface area contributed by atoms with Gasteiger partial charge in [-0.3, -0.25) is 19.2 Å². The van der Waals surface area contributed by atoms with Crippen molar-refractivity contribution in [2.45, 2.75) is 82.3 Å². The number of fused-ring (bicyclic) bond motifs is 2. The monoisotopic (exact) mass is 657 g/mol. The first-order valence-corrected chi connectivity index (χ1v) is 15.9. The number of nitrogens with zero attached hydrogens (tertiary/aromatic N) is 2. The van der Waals surface area contributed by atoms with E-state index in [1.807, 2.05) is 56.3 Å². The molecule has 4 aliphatic rings. The number of benzene rings is 1. The minimum atomic E-state index is -1.39. The molecule has 5 bridgehead atoms. The normalized spacial score (nSPS) is 33.5. The van der Waals surface area contributed by atoms with Gasteiger partial charge in [-0.2, -0.15) is 0 Å². The summed E-state index contributed by atoms with van der Waals surface area (Å²) in [7, 11) is 0. The Balaban J connectivity index is 1.60. The molecular formula is C32H40BrN3O7. The van der Waals surface area contributed by atoms with Crippen LogP contribution in [-0.2, 0) is 28.7 Å². The number of halogens is 1. The van der Waals surface area contributed by atoms with E-state index in [0.29, 0.717) is 10.9 Å². The number of likely N-dealkylation sites (tertiary alicyclic amines) is 1. The Morgan fingerprint density at radius 2 is 1.84 bits per heavy atom. The number of hydrogen-bond donors (Lipinski definition) is 2. The Kier molecular flexibility index (Phi) is 9.43. The van der Waals surface area contributed by atoms with Gasteiger partial charge in [0.25, 0.3) is 0 Å². The smallest absolute Gasteiger partial charge is 0.306 e. The van der Waals surface area contributed by atoms with Crippen molar-refractivity contribution < 1.29 is 33.8 Å². The Morgan fingerprint density at radius 1 is 1.09 bits per heavy atom. The van der Waals surface area contributed by atoms with Crippen LogP contribution in [0.3, 0.4) is 0 Å². The number of nitrogens with one attached hydrogen (secondary N) is 1. The number of esters is 1. The van der Waals surface area contributed by atoms with Gasteiger partial charge in [0.05, 0.1) is 30.5 Å². The van der Waals surface area contributed by atoms with Crippen LogP contribution in [0, 0.1) is 11.8 Å². The van der Waals surface area contributed by atoms with E-state index in [1.165, 1.54) is 4.90 Å². The number of cyclic esters (lactones) is 1. The zero-order valence-electron chi connectivity index (χ0n) is 24.8. The van der Waals surface area contributed by atoms with Crippen molar-refractivity contribution in [2.24, 2.45) is 11.8 Å². The molecule has 1 aromatic rings. The van der Waals surface area contributed by atoms with Crippen LogP contribution in [0.1, 0.15) is 58.1 Å². The Bertz CT molecular complexity index is 1300. The molecule has 2 saturated heterocycles. The van der Waals surface area contributed by atoms with Crippen LogP contribution >= 0.6 is 15.9 Å². The number of hydrogen-bond acceptors (Lipinski definition) is 7. The maximum Gasteiger partial charge on any atom is 0.306 e. The number of rotatable bonds is 6. The highest BCUT2D eigenvalue weighted by Gasteiger charge is 2.75. The molecule has 8 atom stereocenters. The minimum absolute atomic E-state index is 0.0750. The average Bonchev–Trinajstić information content (AvgIpc) is 3.59. The van der Waals surface area contributed by atoms with Gasteiger partial charge >= 0.3 is 5.97 Å². The molecule has 11 heteroatoms. The second-order valence-electron chi connectivity index (χ2n) is 11.9. The lowest BCUT2D eigenvalue weighted by molar-refractivity contribution is -0.151.